The second-order valence-corrected chi connectivity index (χ2v) is 8.09. The number of carbonyl (C=O) groups is 2. The summed E-state index contributed by atoms with van der Waals surface area (Å²) in [5.41, 5.74) is -0.153. The van der Waals surface area contributed by atoms with E-state index in [0.29, 0.717) is 17.1 Å². The molecule has 1 aromatic carbocycles. The largest absolute Gasteiger partial charge is 0.456 e. The van der Waals surface area contributed by atoms with Crippen molar-refractivity contribution in [2.75, 3.05) is 10.6 Å². The van der Waals surface area contributed by atoms with E-state index in [-0.39, 0.29) is 35.8 Å². The molecule has 186 valence electrons. The number of nitrogens with one attached hydrogen (secondary N) is 2. The number of nitrogens with zero attached hydrogens (tertiary/aromatic N) is 4. The Morgan fingerprint density at radius 2 is 1.94 bits per heavy atom. The second-order valence-electron chi connectivity index (χ2n) is 8.09. The first kappa shape index (κ1) is 23.3. The van der Waals surface area contributed by atoms with Crippen molar-refractivity contribution in [2.24, 2.45) is 5.92 Å². The van der Waals surface area contributed by atoms with Crippen molar-refractivity contribution < 1.29 is 31.9 Å². The number of alkyl halides is 3. The Kier molecular flexibility index (Phi) is 5.82. The van der Waals surface area contributed by atoms with E-state index >= 15 is 0 Å². The lowest BCUT2D eigenvalue weighted by Gasteiger charge is -2.09. The first-order valence-corrected chi connectivity index (χ1v) is 11.0. The van der Waals surface area contributed by atoms with Gasteiger partial charge in [0, 0.05) is 24.1 Å². The summed E-state index contributed by atoms with van der Waals surface area (Å²) in [6.07, 6.45) is -1.49. The fourth-order valence-electron chi connectivity index (χ4n) is 3.36. The molecule has 36 heavy (non-hydrogen) atoms. The fraction of sp³-hybridized carbons (Fsp3) is 0.261. The molecule has 0 atom stereocenters. The SMILES string of the molecule is CCc1nc(C(=O)Nc2cccc(Oc3ccc4nc(NC(=O)C5CC5)nn4c3)c2)c(C(F)(F)F)o1. The van der Waals surface area contributed by atoms with Gasteiger partial charge in [0.2, 0.25) is 17.6 Å². The highest BCUT2D eigenvalue weighted by Crippen LogP contribution is 2.34. The van der Waals surface area contributed by atoms with E-state index in [2.05, 4.69) is 25.7 Å². The van der Waals surface area contributed by atoms with Crippen molar-refractivity contribution in [3.05, 3.63) is 59.9 Å². The Morgan fingerprint density at radius 3 is 2.67 bits per heavy atom. The summed E-state index contributed by atoms with van der Waals surface area (Å²) in [5, 5.41) is 9.29. The zero-order valence-electron chi connectivity index (χ0n) is 18.8. The molecule has 2 N–H and O–H groups in total. The van der Waals surface area contributed by atoms with E-state index in [0.717, 1.165) is 12.8 Å². The van der Waals surface area contributed by atoms with Gasteiger partial charge in [-0.25, -0.2) is 9.50 Å². The number of hydrogen-bond acceptors (Lipinski definition) is 7. The molecule has 0 aliphatic heterocycles. The summed E-state index contributed by atoms with van der Waals surface area (Å²) < 4.78 is 51.7. The molecular weight excluding hydrogens is 481 g/mol. The van der Waals surface area contributed by atoms with Gasteiger partial charge in [0.1, 0.15) is 11.5 Å². The first-order valence-electron chi connectivity index (χ1n) is 11.0. The van der Waals surface area contributed by atoms with Crippen LogP contribution in [0.3, 0.4) is 0 Å². The zero-order valence-corrected chi connectivity index (χ0v) is 18.8. The van der Waals surface area contributed by atoms with Crippen LogP contribution in [-0.4, -0.2) is 31.4 Å². The summed E-state index contributed by atoms with van der Waals surface area (Å²) in [7, 11) is 0. The average molecular weight is 500 g/mol. The Balaban J connectivity index is 1.30. The zero-order chi connectivity index (χ0) is 25.4. The lowest BCUT2D eigenvalue weighted by molar-refractivity contribution is -0.153. The number of ether oxygens (including phenoxy) is 1. The van der Waals surface area contributed by atoms with Crippen LogP contribution in [0.25, 0.3) is 5.65 Å². The molecule has 1 aliphatic carbocycles. The molecule has 0 radical (unpaired) electrons. The number of anilines is 2. The number of amides is 2. The minimum Gasteiger partial charge on any atom is -0.456 e. The molecule has 3 heterocycles. The third-order valence-corrected chi connectivity index (χ3v) is 5.26. The molecule has 13 heteroatoms. The molecule has 0 bridgehead atoms. The molecule has 1 fully saturated rings. The van der Waals surface area contributed by atoms with Crippen LogP contribution in [0.1, 0.15) is 41.9 Å². The standard InChI is InChI=1S/C23H19F3N6O4/c1-2-17-29-18(19(36-17)23(24,25)26)21(34)27-13-4-3-5-14(10-13)35-15-8-9-16-28-22(31-32(16)11-15)30-20(33)12-6-7-12/h3-5,8-12H,2,6-7H2,1H3,(H,27,34)(H,30,31,33). The van der Waals surface area contributed by atoms with Crippen LogP contribution in [0.5, 0.6) is 11.5 Å². The molecule has 1 aliphatic rings. The van der Waals surface area contributed by atoms with E-state index in [1.165, 1.54) is 16.6 Å². The van der Waals surface area contributed by atoms with Crippen LogP contribution in [0, 0.1) is 5.92 Å². The Labute approximate surface area is 201 Å². The van der Waals surface area contributed by atoms with Crippen LogP contribution in [0.2, 0.25) is 0 Å². The molecule has 0 saturated heterocycles. The summed E-state index contributed by atoms with van der Waals surface area (Å²) >= 11 is 0. The third-order valence-electron chi connectivity index (χ3n) is 5.26. The highest BCUT2D eigenvalue weighted by molar-refractivity contribution is 6.03. The maximum Gasteiger partial charge on any atom is 0.452 e. The van der Waals surface area contributed by atoms with E-state index < -0.39 is 23.5 Å². The predicted molar refractivity (Wildman–Crippen MR) is 120 cm³/mol. The summed E-state index contributed by atoms with van der Waals surface area (Å²) in [6.45, 7) is 1.57. The monoisotopic (exact) mass is 500 g/mol. The van der Waals surface area contributed by atoms with E-state index in [1.807, 2.05) is 0 Å². The molecular formula is C23H19F3N6O4. The van der Waals surface area contributed by atoms with Gasteiger partial charge in [0.05, 0.1) is 6.20 Å². The van der Waals surface area contributed by atoms with Crippen LogP contribution >= 0.6 is 0 Å². The first-order chi connectivity index (χ1) is 17.2. The highest BCUT2D eigenvalue weighted by Gasteiger charge is 2.41. The number of carbonyl (C=O) groups excluding carboxylic acids is 2. The summed E-state index contributed by atoms with van der Waals surface area (Å²) in [5.74, 6) is -1.93. The van der Waals surface area contributed by atoms with Gasteiger partial charge in [0.25, 0.3) is 5.91 Å². The van der Waals surface area contributed by atoms with Gasteiger partial charge in [-0.3, -0.25) is 14.9 Å². The number of aryl methyl sites for hydroxylation is 1. The maximum atomic E-state index is 13.3. The lowest BCUT2D eigenvalue weighted by Crippen LogP contribution is -2.18. The molecule has 5 rings (SSSR count). The van der Waals surface area contributed by atoms with Gasteiger partial charge < -0.3 is 14.5 Å². The van der Waals surface area contributed by atoms with Gasteiger partial charge >= 0.3 is 6.18 Å². The number of benzene rings is 1. The van der Waals surface area contributed by atoms with Crippen LogP contribution in [0.15, 0.2) is 47.0 Å². The van der Waals surface area contributed by atoms with Crippen molar-refractivity contribution >= 4 is 29.1 Å². The number of pyridine rings is 1. The third kappa shape index (κ3) is 4.99. The van der Waals surface area contributed by atoms with Gasteiger partial charge in [-0.1, -0.05) is 13.0 Å². The smallest absolute Gasteiger partial charge is 0.452 e. The minimum atomic E-state index is -4.86. The topological polar surface area (TPSA) is 124 Å². The van der Waals surface area contributed by atoms with Gasteiger partial charge in [-0.2, -0.15) is 18.2 Å². The predicted octanol–water partition coefficient (Wildman–Crippen LogP) is 4.69. The average Bonchev–Trinajstić information content (AvgIpc) is 3.45. The molecule has 3 aromatic heterocycles. The summed E-state index contributed by atoms with van der Waals surface area (Å²) in [6, 6.07) is 9.39. The molecule has 10 nitrogen and oxygen atoms in total. The number of aromatic nitrogens is 4. The quantitative estimate of drug-likeness (QED) is 0.377. The summed E-state index contributed by atoms with van der Waals surface area (Å²) in [4.78, 5) is 32.4. The van der Waals surface area contributed by atoms with Crippen LogP contribution in [0.4, 0.5) is 24.8 Å². The normalized spacial score (nSPS) is 13.6. The molecule has 0 unspecified atom stereocenters. The Morgan fingerprint density at radius 1 is 1.14 bits per heavy atom. The van der Waals surface area contributed by atoms with Crippen molar-refractivity contribution in [1.29, 1.82) is 0 Å². The maximum absolute atomic E-state index is 13.3. The van der Waals surface area contributed by atoms with Crippen molar-refractivity contribution in [3.8, 4) is 11.5 Å². The van der Waals surface area contributed by atoms with Crippen molar-refractivity contribution in [2.45, 2.75) is 32.4 Å². The fourth-order valence-corrected chi connectivity index (χ4v) is 3.36. The minimum absolute atomic E-state index is 0.0151. The Hall–Kier alpha value is -4.42. The van der Waals surface area contributed by atoms with Crippen LogP contribution in [-0.2, 0) is 17.4 Å². The van der Waals surface area contributed by atoms with E-state index in [9.17, 15) is 22.8 Å². The number of halogens is 3. The number of oxazole rings is 1. The number of hydrogen-bond donors (Lipinski definition) is 2. The van der Waals surface area contributed by atoms with Gasteiger partial charge in [-0.05, 0) is 37.1 Å². The van der Waals surface area contributed by atoms with Gasteiger partial charge in [-0.15, -0.1) is 5.10 Å². The molecule has 2 amide bonds. The van der Waals surface area contributed by atoms with E-state index in [1.54, 1.807) is 37.4 Å². The molecule has 4 aromatic rings. The molecule has 1 saturated carbocycles. The number of fused-ring (bicyclic) bond motifs is 1. The molecule has 0 spiro atoms. The van der Waals surface area contributed by atoms with Crippen LogP contribution < -0.4 is 15.4 Å². The number of rotatable bonds is 7. The second kappa shape index (κ2) is 8.98. The van der Waals surface area contributed by atoms with Crippen molar-refractivity contribution in [3.63, 3.8) is 0 Å². The Bertz CT molecular complexity index is 1460. The van der Waals surface area contributed by atoms with E-state index in [4.69, 9.17) is 9.15 Å². The van der Waals surface area contributed by atoms with Gasteiger partial charge in [0.15, 0.2) is 17.2 Å². The highest BCUT2D eigenvalue weighted by atomic mass is 19.4. The lowest BCUT2D eigenvalue weighted by atomic mass is 10.2. The van der Waals surface area contributed by atoms with Crippen molar-refractivity contribution in [1.82, 2.24) is 19.6 Å².